The summed E-state index contributed by atoms with van der Waals surface area (Å²) in [5, 5.41) is 0.336. The Labute approximate surface area is 141 Å². The molecule has 1 aliphatic rings. The van der Waals surface area contributed by atoms with Crippen LogP contribution in [0, 0.1) is 5.82 Å². The summed E-state index contributed by atoms with van der Waals surface area (Å²) >= 11 is 0. The monoisotopic (exact) mass is 339 g/mol. The predicted octanol–water partition coefficient (Wildman–Crippen LogP) is 1.42. The zero-order valence-electron chi connectivity index (χ0n) is 13.2. The predicted molar refractivity (Wildman–Crippen MR) is 91.3 cm³/mol. The van der Waals surface area contributed by atoms with E-state index in [2.05, 4.69) is 4.98 Å². The summed E-state index contributed by atoms with van der Waals surface area (Å²) in [6.45, 7) is -0.0652. The number of hydrogen-bond acceptors (Lipinski definition) is 3. The second-order valence-corrected chi connectivity index (χ2v) is 5.90. The minimum atomic E-state index is -0.643. The number of carbonyl (C=O) groups excluding carboxylic acids is 1. The summed E-state index contributed by atoms with van der Waals surface area (Å²) in [7, 11) is 0. The molecule has 0 fully saturated rings. The van der Waals surface area contributed by atoms with Crippen LogP contribution in [-0.4, -0.2) is 22.0 Å². The lowest BCUT2D eigenvalue weighted by Gasteiger charge is -2.17. The number of benzene rings is 2. The van der Waals surface area contributed by atoms with Gasteiger partial charge < -0.3 is 9.88 Å². The zero-order valence-corrected chi connectivity index (χ0v) is 13.2. The molecule has 7 heteroatoms. The van der Waals surface area contributed by atoms with Crippen molar-refractivity contribution in [2.45, 2.75) is 13.0 Å². The lowest BCUT2D eigenvalue weighted by atomic mass is 10.1. The first-order valence-corrected chi connectivity index (χ1v) is 7.86. The molecule has 0 saturated carbocycles. The van der Waals surface area contributed by atoms with Crippen LogP contribution in [-0.2, 0) is 17.8 Å². The highest BCUT2D eigenvalue weighted by atomic mass is 19.1. The molecule has 0 radical (unpaired) electrons. The molecule has 0 aliphatic carbocycles. The van der Waals surface area contributed by atoms with Gasteiger partial charge in [0.2, 0.25) is 5.91 Å². The van der Waals surface area contributed by atoms with Crippen LogP contribution in [0.2, 0.25) is 0 Å². The van der Waals surface area contributed by atoms with Gasteiger partial charge in [-0.3, -0.25) is 14.2 Å². The van der Waals surface area contributed by atoms with Crippen molar-refractivity contribution in [2.75, 3.05) is 11.4 Å². The van der Waals surface area contributed by atoms with Crippen molar-refractivity contribution < 1.29 is 9.18 Å². The molecule has 2 heterocycles. The second-order valence-electron chi connectivity index (χ2n) is 5.90. The molecule has 0 atom stereocenters. The Balaban J connectivity index is 1.72. The fourth-order valence-corrected chi connectivity index (χ4v) is 3.21. The van der Waals surface area contributed by atoms with Crippen LogP contribution in [0.1, 0.15) is 5.56 Å². The standard InChI is InChI=1S/C18H14FN3O3/c19-13-5-3-7-15-11(13)8-9-21(15)16(23)10-22-17(24)12-4-1-2-6-14(12)20-18(22)25/h1-7H,8-10H2,(H,20,25). The molecule has 4 rings (SSSR count). The molecule has 1 aromatic heterocycles. The summed E-state index contributed by atoms with van der Waals surface area (Å²) in [4.78, 5) is 41.3. The minimum absolute atomic E-state index is 0.329. The third-order valence-corrected chi connectivity index (χ3v) is 4.45. The number of nitrogens with zero attached hydrogens (tertiary/aromatic N) is 2. The van der Waals surface area contributed by atoms with E-state index in [-0.39, 0.29) is 5.82 Å². The van der Waals surface area contributed by atoms with Gasteiger partial charge in [0.1, 0.15) is 12.4 Å². The molecule has 0 bridgehead atoms. The Morgan fingerprint density at radius 2 is 1.92 bits per heavy atom. The third-order valence-electron chi connectivity index (χ3n) is 4.45. The van der Waals surface area contributed by atoms with Gasteiger partial charge >= 0.3 is 5.69 Å². The number of carbonyl (C=O) groups is 1. The van der Waals surface area contributed by atoms with Crippen LogP contribution in [0.3, 0.4) is 0 Å². The van der Waals surface area contributed by atoms with Gasteiger partial charge in [-0.2, -0.15) is 0 Å². The first-order valence-electron chi connectivity index (χ1n) is 7.86. The number of H-pyrrole nitrogens is 1. The van der Waals surface area contributed by atoms with Gasteiger partial charge in [-0.05, 0) is 30.7 Å². The molecule has 1 amide bonds. The molecule has 2 aromatic carbocycles. The van der Waals surface area contributed by atoms with Crippen LogP contribution >= 0.6 is 0 Å². The van der Waals surface area contributed by atoms with Gasteiger partial charge in [0, 0.05) is 17.8 Å². The molecule has 1 N–H and O–H groups in total. The Bertz CT molecular complexity index is 1120. The molecular weight excluding hydrogens is 325 g/mol. The number of hydrogen-bond donors (Lipinski definition) is 1. The Morgan fingerprint density at radius 3 is 2.76 bits per heavy atom. The van der Waals surface area contributed by atoms with E-state index in [4.69, 9.17) is 0 Å². The topological polar surface area (TPSA) is 75.2 Å². The number of rotatable bonds is 2. The summed E-state index contributed by atoms with van der Waals surface area (Å²) < 4.78 is 14.7. The van der Waals surface area contributed by atoms with E-state index in [9.17, 15) is 18.8 Å². The maximum Gasteiger partial charge on any atom is 0.329 e. The maximum absolute atomic E-state index is 13.8. The van der Waals surface area contributed by atoms with Crippen LogP contribution < -0.4 is 16.1 Å². The summed E-state index contributed by atoms with van der Waals surface area (Å²) in [6.07, 6.45) is 0.413. The maximum atomic E-state index is 13.8. The van der Waals surface area contributed by atoms with Crippen molar-refractivity contribution in [2.24, 2.45) is 0 Å². The summed E-state index contributed by atoms with van der Waals surface area (Å²) in [5.74, 6) is -0.777. The summed E-state index contributed by atoms with van der Waals surface area (Å²) in [6, 6.07) is 11.2. The van der Waals surface area contributed by atoms with E-state index in [1.165, 1.54) is 17.0 Å². The van der Waals surface area contributed by atoms with Crippen LogP contribution in [0.4, 0.5) is 10.1 Å². The van der Waals surface area contributed by atoms with Gasteiger partial charge in [-0.1, -0.05) is 18.2 Å². The number of halogens is 1. The second kappa shape index (κ2) is 5.70. The lowest BCUT2D eigenvalue weighted by Crippen LogP contribution is -2.42. The SMILES string of the molecule is O=C(Cn1c(=O)[nH]c2ccccc2c1=O)N1CCc2c(F)cccc21. The average molecular weight is 339 g/mol. The van der Waals surface area contributed by atoms with Crippen molar-refractivity contribution in [1.29, 1.82) is 0 Å². The molecule has 126 valence electrons. The first-order chi connectivity index (χ1) is 12.1. The third kappa shape index (κ3) is 2.44. The Morgan fingerprint density at radius 1 is 1.12 bits per heavy atom. The van der Waals surface area contributed by atoms with Crippen molar-refractivity contribution in [1.82, 2.24) is 9.55 Å². The number of aromatic amines is 1. The highest BCUT2D eigenvalue weighted by molar-refractivity contribution is 5.95. The van der Waals surface area contributed by atoms with Crippen LogP contribution in [0.15, 0.2) is 52.1 Å². The summed E-state index contributed by atoms with van der Waals surface area (Å²) in [5.41, 5.74) is 0.239. The highest BCUT2D eigenvalue weighted by Gasteiger charge is 2.27. The highest BCUT2D eigenvalue weighted by Crippen LogP contribution is 2.29. The van der Waals surface area contributed by atoms with Gasteiger partial charge in [0.15, 0.2) is 0 Å². The molecule has 1 aliphatic heterocycles. The number of fused-ring (bicyclic) bond motifs is 2. The van der Waals surface area contributed by atoms with E-state index >= 15 is 0 Å². The van der Waals surface area contributed by atoms with E-state index in [1.807, 2.05) is 0 Å². The van der Waals surface area contributed by atoms with Gasteiger partial charge in [-0.15, -0.1) is 0 Å². The van der Waals surface area contributed by atoms with E-state index in [1.54, 1.807) is 30.3 Å². The first kappa shape index (κ1) is 15.3. The van der Waals surface area contributed by atoms with Gasteiger partial charge in [0.05, 0.1) is 10.9 Å². The number of anilines is 1. The van der Waals surface area contributed by atoms with E-state index in [0.717, 1.165) is 4.57 Å². The van der Waals surface area contributed by atoms with Crippen molar-refractivity contribution in [3.8, 4) is 0 Å². The minimum Gasteiger partial charge on any atom is -0.310 e. The fraction of sp³-hybridized carbons (Fsp3) is 0.167. The average Bonchev–Trinajstić information content (AvgIpc) is 3.04. The molecule has 3 aromatic rings. The van der Waals surface area contributed by atoms with Crippen molar-refractivity contribution in [3.05, 3.63) is 74.7 Å². The Kier molecular flexibility index (Phi) is 3.49. The largest absolute Gasteiger partial charge is 0.329 e. The quantitative estimate of drug-likeness (QED) is 0.767. The molecule has 0 saturated heterocycles. The van der Waals surface area contributed by atoms with Gasteiger partial charge in [0.25, 0.3) is 5.56 Å². The zero-order chi connectivity index (χ0) is 17.6. The molecule has 25 heavy (non-hydrogen) atoms. The van der Waals surface area contributed by atoms with Crippen molar-refractivity contribution >= 4 is 22.5 Å². The van der Waals surface area contributed by atoms with Gasteiger partial charge in [-0.25, -0.2) is 9.18 Å². The van der Waals surface area contributed by atoms with E-state index in [0.29, 0.717) is 35.1 Å². The molecule has 6 nitrogen and oxygen atoms in total. The smallest absolute Gasteiger partial charge is 0.310 e. The normalized spacial score (nSPS) is 13.2. The van der Waals surface area contributed by atoms with E-state index < -0.39 is 23.7 Å². The fourth-order valence-electron chi connectivity index (χ4n) is 3.21. The van der Waals surface area contributed by atoms with Crippen LogP contribution in [0.5, 0.6) is 0 Å². The lowest BCUT2D eigenvalue weighted by molar-refractivity contribution is -0.119. The number of nitrogens with one attached hydrogen (secondary N) is 1. The Hall–Kier alpha value is -3.22. The number of para-hydroxylation sites is 1. The molecular formula is C18H14FN3O3. The molecule has 0 unspecified atom stereocenters. The molecule has 0 spiro atoms. The number of amides is 1. The van der Waals surface area contributed by atoms with Crippen LogP contribution in [0.25, 0.3) is 10.9 Å². The van der Waals surface area contributed by atoms with Crippen molar-refractivity contribution in [3.63, 3.8) is 0 Å². The number of aromatic nitrogens is 2.